The Kier molecular flexibility index (Phi) is 4.45. The van der Waals surface area contributed by atoms with Gasteiger partial charge in [-0.2, -0.15) is 0 Å². The topological polar surface area (TPSA) is 35.6 Å². The lowest BCUT2D eigenvalue weighted by Crippen LogP contribution is -2.41. The maximum absolute atomic E-state index is 12.0. The molecule has 0 bridgehead atoms. The molecule has 104 valence electrons. The number of carbonyl (C=O) groups excluding carboxylic acids is 1. The predicted octanol–water partition coefficient (Wildman–Crippen LogP) is 1.72. The van der Waals surface area contributed by atoms with Gasteiger partial charge in [-0.15, -0.1) is 0 Å². The Bertz CT molecular complexity index is 464. The standard InChI is InChI=1S/C14H20ClN3O/c1-10(17(2)3)9-18-13(19)8-16-14(18)11-5-4-6-12(15)7-11/h4-7,10,14,16H,8-9H2,1-3H3. The molecule has 2 atom stereocenters. The first kappa shape index (κ1) is 14.3. The molecule has 2 unspecified atom stereocenters. The van der Waals surface area contributed by atoms with Crippen LogP contribution in [0, 0.1) is 0 Å². The quantitative estimate of drug-likeness (QED) is 0.913. The molecule has 1 aliphatic rings. The summed E-state index contributed by atoms with van der Waals surface area (Å²) in [5.41, 5.74) is 1.03. The molecule has 5 heteroatoms. The van der Waals surface area contributed by atoms with Gasteiger partial charge in [0.2, 0.25) is 5.91 Å². The van der Waals surface area contributed by atoms with Crippen molar-refractivity contribution < 1.29 is 4.79 Å². The van der Waals surface area contributed by atoms with E-state index in [9.17, 15) is 4.79 Å². The number of rotatable bonds is 4. The van der Waals surface area contributed by atoms with E-state index in [4.69, 9.17) is 11.6 Å². The van der Waals surface area contributed by atoms with Crippen LogP contribution in [-0.2, 0) is 4.79 Å². The lowest BCUT2D eigenvalue weighted by Gasteiger charge is -2.30. The Morgan fingerprint density at radius 1 is 1.53 bits per heavy atom. The Labute approximate surface area is 119 Å². The highest BCUT2D eigenvalue weighted by atomic mass is 35.5. The molecule has 1 aromatic carbocycles. The van der Waals surface area contributed by atoms with E-state index in [2.05, 4.69) is 17.1 Å². The third kappa shape index (κ3) is 3.26. The van der Waals surface area contributed by atoms with E-state index in [-0.39, 0.29) is 12.1 Å². The summed E-state index contributed by atoms with van der Waals surface area (Å²) in [5.74, 6) is 0.138. The maximum Gasteiger partial charge on any atom is 0.238 e. The van der Waals surface area contributed by atoms with Crippen molar-refractivity contribution in [2.75, 3.05) is 27.2 Å². The summed E-state index contributed by atoms with van der Waals surface area (Å²) < 4.78 is 0. The van der Waals surface area contributed by atoms with Gasteiger partial charge >= 0.3 is 0 Å². The van der Waals surface area contributed by atoms with Crippen LogP contribution in [0.5, 0.6) is 0 Å². The molecule has 1 aliphatic heterocycles. The first-order valence-electron chi connectivity index (χ1n) is 6.44. The molecule has 0 aromatic heterocycles. The van der Waals surface area contributed by atoms with E-state index in [1.807, 2.05) is 43.3 Å². The summed E-state index contributed by atoms with van der Waals surface area (Å²) in [6.45, 7) is 3.20. The molecule has 0 aliphatic carbocycles. The molecule has 1 fully saturated rings. The summed E-state index contributed by atoms with van der Waals surface area (Å²) in [5, 5.41) is 3.94. The Morgan fingerprint density at radius 3 is 2.89 bits per heavy atom. The minimum atomic E-state index is -0.0754. The van der Waals surface area contributed by atoms with Crippen molar-refractivity contribution in [2.24, 2.45) is 0 Å². The Balaban J connectivity index is 2.17. The summed E-state index contributed by atoms with van der Waals surface area (Å²) in [6.07, 6.45) is -0.0754. The Morgan fingerprint density at radius 2 is 2.26 bits per heavy atom. The second-order valence-electron chi connectivity index (χ2n) is 5.20. The first-order valence-corrected chi connectivity index (χ1v) is 6.81. The first-order chi connectivity index (χ1) is 8.99. The number of hydrogen-bond acceptors (Lipinski definition) is 3. The third-order valence-electron chi connectivity index (χ3n) is 3.59. The van der Waals surface area contributed by atoms with Crippen molar-refractivity contribution >= 4 is 17.5 Å². The zero-order valence-electron chi connectivity index (χ0n) is 11.6. The van der Waals surface area contributed by atoms with Gasteiger partial charge in [0, 0.05) is 17.6 Å². The average Bonchev–Trinajstić information content (AvgIpc) is 2.71. The second kappa shape index (κ2) is 5.90. The zero-order chi connectivity index (χ0) is 14.0. The van der Waals surface area contributed by atoms with Gasteiger partial charge in [-0.1, -0.05) is 23.7 Å². The minimum absolute atomic E-state index is 0.0754. The molecule has 1 heterocycles. The lowest BCUT2D eigenvalue weighted by atomic mass is 10.1. The number of nitrogens with one attached hydrogen (secondary N) is 1. The minimum Gasteiger partial charge on any atom is -0.320 e. The number of halogens is 1. The molecule has 0 radical (unpaired) electrons. The van der Waals surface area contributed by atoms with Crippen LogP contribution in [0.3, 0.4) is 0 Å². The molecule has 0 saturated carbocycles. The molecule has 1 amide bonds. The number of likely N-dealkylation sites (N-methyl/N-ethyl adjacent to an activating group) is 1. The van der Waals surface area contributed by atoms with Crippen molar-refractivity contribution in [3.05, 3.63) is 34.9 Å². The smallest absolute Gasteiger partial charge is 0.238 e. The van der Waals surface area contributed by atoms with Gasteiger partial charge in [0.05, 0.1) is 6.54 Å². The highest BCUT2D eigenvalue weighted by molar-refractivity contribution is 6.30. The van der Waals surface area contributed by atoms with Crippen LogP contribution in [0.15, 0.2) is 24.3 Å². The van der Waals surface area contributed by atoms with Crippen molar-refractivity contribution in [1.82, 2.24) is 15.1 Å². The fourth-order valence-corrected chi connectivity index (χ4v) is 2.37. The average molecular weight is 282 g/mol. The number of nitrogens with zero attached hydrogens (tertiary/aromatic N) is 2. The van der Waals surface area contributed by atoms with E-state index in [0.29, 0.717) is 24.2 Å². The van der Waals surface area contributed by atoms with E-state index >= 15 is 0 Å². The van der Waals surface area contributed by atoms with Crippen LogP contribution in [0.4, 0.5) is 0 Å². The van der Waals surface area contributed by atoms with Crippen LogP contribution in [0.1, 0.15) is 18.7 Å². The zero-order valence-corrected chi connectivity index (χ0v) is 12.3. The van der Waals surface area contributed by atoms with E-state index in [1.54, 1.807) is 0 Å². The molecule has 2 rings (SSSR count). The van der Waals surface area contributed by atoms with Crippen molar-refractivity contribution in [3.63, 3.8) is 0 Å². The molecular weight excluding hydrogens is 262 g/mol. The number of amides is 1. The molecule has 19 heavy (non-hydrogen) atoms. The van der Waals surface area contributed by atoms with E-state index in [1.165, 1.54) is 0 Å². The highest BCUT2D eigenvalue weighted by Crippen LogP contribution is 2.25. The molecule has 1 aromatic rings. The molecule has 1 saturated heterocycles. The van der Waals surface area contributed by atoms with Crippen LogP contribution >= 0.6 is 11.6 Å². The van der Waals surface area contributed by atoms with Gasteiger partial charge in [0.15, 0.2) is 0 Å². The van der Waals surface area contributed by atoms with Gasteiger partial charge in [-0.05, 0) is 38.7 Å². The van der Waals surface area contributed by atoms with Crippen molar-refractivity contribution in [1.29, 1.82) is 0 Å². The molecular formula is C14H20ClN3O. The molecule has 0 spiro atoms. The van der Waals surface area contributed by atoms with Gasteiger partial charge in [-0.3, -0.25) is 10.1 Å². The summed E-state index contributed by atoms with van der Waals surface area (Å²) in [6, 6.07) is 7.97. The fourth-order valence-electron chi connectivity index (χ4n) is 2.17. The molecule has 4 nitrogen and oxygen atoms in total. The highest BCUT2D eigenvalue weighted by Gasteiger charge is 2.32. The molecule has 1 N–H and O–H groups in total. The van der Waals surface area contributed by atoms with Gasteiger partial charge in [0.1, 0.15) is 6.17 Å². The van der Waals surface area contributed by atoms with Gasteiger partial charge in [-0.25, -0.2) is 0 Å². The third-order valence-corrected chi connectivity index (χ3v) is 3.82. The van der Waals surface area contributed by atoms with Gasteiger partial charge < -0.3 is 9.80 Å². The van der Waals surface area contributed by atoms with Gasteiger partial charge in [0.25, 0.3) is 0 Å². The number of carbonyl (C=O) groups is 1. The van der Waals surface area contributed by atoms with E-state index < -0.39 is 0 Å². The second-order valence-corrected chi connectivity index (χ2v) is 5.63. The number of benzene rings is 1. The van der Waals surface area contributed by atoms with Crippen LogP contribution < -0.4 is 5.32 Å². The summed E-state index contributed by atoms with van der Waals surface area (Å²) in [4.78, 5) is 16.0. The van der Waals surface area contributed by atoms with Crippen molar-refractivity contribution in [3.8, 4) is 0 Å². The number of hydrogen-bond donors (Lipinski definition) is 1. The maximum atomic E-state index is 12.0. The summed E-state index contributed by atoms with van der Waals surface area (Å²) >= 11 is 6.02. The monoisotopic (exact) mass is 281 g/mol. The normalized spacial score (nSPS) is 21.2. The van der Waals surface area contributed by atoms with Crippen molar-refractivity contribution in [2.45, 2.75) is 19.1 Å². The Hall–Kier alpha value is -1.10. The fraction of sp³-hybridized carbons (Fsp3) is 0.500. The predicted molar refractivity (Wildman–Crippen MR) is 77.1 cm³/mol. The lowest BCUT2D eigenvalue weighted by molar-refractivity contribution is -0.128. The van der Waals surface area contributed by atoms with E-state index in [0.717, 1.165) is 5.56 Å². The van der Waals surface area contributed by atoms with Crippen LogP contribution in [0.25, 0.3) is 0 Å². The van der Waals surface area contributed by atoms with Crippen LogP contribution in [-0.4, -0.2) is 48.9 Å². The summed E-state index contributed by atoms with van der Waals surface area (Å²) in [7, 11) is 4.04. The van der Waals surface area contributed by atoms with Crippen LogP contribution in [0.2, 0.25) is 5.02 Å². The largest absolute Gasteiger partial charge is 0.320 e. The SMILES string of the molecule is CC(CN1C(=O)CNC1c1cccc(Cl)c1)N(C)C.